The summed E-state index contributed by atoms with van der Waals surface area (Å²) in [7, 11) is -2.87. The van der Waals surface area contributed by atoms with Crippen LogP contribution in [-0.4, -0.2) is 22.6 Å². The van der Waals surface area contributed by atoms with Crippen LogP contribution in [0, 0.1) is 22.7 Å². The van der Waals surface area contributed by atoms with Crippen molar-refractivity contribution in [3.8, 4) is 0 Å². The van der Waals surface area contributed by atoms with E-state index in [0.29, 0.717) is 34.5 Å². The molecule has 8 aromatic carbocycles. The normalized spacial score (nSPS) is 18.0. The average molecular weight is 1040 g/mol. The molecule has 74 heavy (non-hydrogen) atoms. The van der Waals surface area contributed by atoms with Gasteiger partial charge in [-0.1, -0.05) is 283 Å². The lowest BCUT2D eigenvalue weighted by molar-refractivity contribution is 0.0794. The van der Waals surface area contributed by atoms with Crippen LogP contribution in [0.25, 0.3) is 0 Å². The first-order valence-electron chi connectivity index (χ1n) is 27.0. The van der Waals surface area contributed by atoms with Crippen LogP contribution in [0.4, 0.5) is 0 Å². The van der Waals surface area contributed by atoms with Gasteiger partial charge in [0.25, 0.3) is 0 Å². The molecule has 1 aliphatic rings. The van der Waals surface area contributed by atoms with Gasteiger partial charge in [-0.15, -0.1) is 13.2 Å². The van der Waals surface area contributed by atoms with E-state index in [1.807, 2.05) is 0 Å². The highest BCUT2D eigenvalue weighted by Crippen LogP contribution is 2.64. The first kappa shape index (κ1) is 53.8. The van der Waals surface area contributed by atoms with E-state index in [1.54, 1.807) is 0 Å². The molecule has 8 aromatic rings. The van der Waals surface area contributed by atoms with Crippen molar-refractivity contribution in [3.63, 3.8) is 0 Å². The van der Waals surface area contributed by atoms with Gasteiger partial charge in [-0.05, 0) is 158 Å². The molecule has 1 aliphatic carbocycles. The van der Waals surface area contributed by atoms with Crippen LogP contribution in [0.5, 0.6) is 0 Å². The molecule has 0 bridgehead atoms. The topological polar surface area (TPSA) is 0 Å². The van der Waals surface area contributed by atoms with E-state index >= 15 is 0 Å². The Morgan fingerprint density at radius 2 is 0.703 bits per heavy atom. The maximum Gasteiger partial charge on any atom is -0.00521 e. The maximum absolute atomic E-state index is 4.61. The zero-order chi connectivity index (χ0) is 51.3. The van der Waals surface area contributed by atoms with Gasteiger partial charge in [0.1, 0.15) is 0 Å². The zero-order valence-electron chi connectivity index (χ0n) is 44.2. The first-order chi connectivity index (χ1) is 36.2. The Labute approximate surface area is 450 Å². The lowest BCUT2D eigenvalue weighted by Gasteiger charge is -2.47. The van der Waals surface area contributed by atoms with E-state index in [-0.39, 0.29) is 10.8 Å². The van der Waals surface area contributed by atoms with Crippen molar-refractivity contribution in [3.05, 3.63) is 268 Å². The molecule has 0 amide bonds. The Bertz CT molecular complexity index is 2670. The molecule has 0 radical (unpaired) electrons. The summed E-state index contributed by atoms with van der Waals surface area (Å²) < 4.78 is 0. The third kappa shape index (κ3) is 12.6. The number of rotatable bonds is 23. The quantitative estimate of drug-likeness (QED) is 0.0442. The number of allylic oxidation sites excluding steroid dienone is 2. The van der Waals surface area contributed by atoms with Crippen molar-refractivity contribution in [2.24, 2.45) is 22.7 Å². The monoisotopic (exact) mass is 1040 g/mol. The van der Waals surface area contributed by atoms with Crippen molar-refractivity contribution in [2.45, 2.75) is 88.9 Å². The molecule has 0 nitrogen and oxygen atoms in total. The van der Waals surface area contributed by atoms with Crippen LogP contribution in [0.1, 0.15) is 66.2 Å². The van der Waals surface area contributed by atoms with E-state index in [4.69, 9.17) is 0 Å². The summed E-state index contributed by atoms with van der Waals surface area (Å²) in [6.07, 6.45) is 11.1. The van der Waals surface area contributed by atoms with Crippen LogP contribution < -0.4 is 42.4 Å². The Balaban J connectivity index is 1.20. The van der Waals surface area contributed by atoms with Gasteiger partial charge in [0.2, 0.25) is 0 Å². The van der Waals surface area contributed by atoms with Gasteiger partial charge in [0, 0.05) is 0 Å². The molecule has 0 saturated heterocycles. The summed E-state index contributed by atoms with van der Waals surface area (Å²) in [5.41, 5.74) is 1.76. The van der Waals surface area contributed by atoms with Gasteiger partial charge in [0.15, 0.2) is 0 Å². The lowest BCUT2D eigenvalue weighted by Crippen LogP contribution is -2.40. The fourth-order valence-electron chi connectivity index (χ4n) is 12.5. The van der Waals surface area contributed by atoms with Gasteiger partial charge in [0.05, 0.1) is 0 Å². The van der Waals surface area contributed by atoms with Crippen molar-refractivity contribution >= 4 is 74.1 Å². The minimum atomic E-state index is -0.775. The van der Waals surface area contributed by atoms with Crippen LogP contribution >= 0.6 is 31.7 Å². The second-order valence-corrected chi connectivity index (χ2v) is 31.4. The number of hydrogen-bond acceptors (Lipinski definition) is 0. The summed E-state index contributed by atoms with van der Waals surface area (Å²) in [6.45, 7) is 19.6. The van der Waals surface area contributed by atoms with Crippen LogP contribution in [0.3, 0.4) is 0 Å². The molecule has 6 unspecified atom stereocenters. The molecule has 0 aliphatic heterocycles. The summed E-state index contributed by atoms with van der Waals surface area (Å²) in [6, 6.07) is 92.8. The SMILES string of the molecule is C=CCC(C)(C)C(CC(C(C)P(c1ccccc1)c1ccccc1)P(c1ccccc1)c1ccccc1)CC(C)(CC=C)C1CC(P(c2ccccc2)c2ccccc2)C(P(c2ccccc2)c2ccccc2)C1. The molecule has 1 fully saturated rings. The molecule has 0 spiro atoms. The fourth-order valence-corrected chi connectivity index (χ4v) is 25.8. The highest BCUT2D eigenvalue weighted by Gasteiger charge is 2.51. The highest BCUT2D eigenvalue weighted by atomic mass is 31.1. The molecule has 9 rings (SSSR count). The average Bonchev–Trinajstić information content (AvgIpc) is 3.88. The van der Waals surface area contributed by atoms with Gasteiger partial charge in [-0.25, -0.2) is 0 Å². The molecule has 376 valence electrons. The largest absolute Gasteiger partial charge is 0.103 e. The summed E-state index contributed by atoms with van der Waals surface area (Å²) >= 11 is 0. The first-order valence-corrected chi connectivity index (χ1v) is 32.6. The van der Waals surface area contributed by atoms with Gasteiger partial charge < -0.3 is 0 Å². The predicted octanol–water partition coefficient (Wildman–Crippen LogP) is 16.0. The van der Waals surface area contributed by atoms with Gasteiger partial charge >= 0.3 is 0 Å². The Morgan fingerprint density at radius 1 is 0.419 bits per heavy atom. The minimum Gasteiger partial charge on any atom is -0.103 e. The molecule has 0 heterocycles. The molecular weight excluding hydrogens is 965 g/mol. The smallest absolute Gasteiger partial charge is 0.00521 e. The molecule has 0 aromatic heterocycles. The van der Waals surface area contributed by atoms with E-state index in [1.165, 1.54) is 55.3 Å². The fraction of sp³-hybridized carbons (Fsp3) is 0.257. The van der Waals surface area contributed by atoms with E-state index in [2.05, 4.69) is 296 Å². The minimum absolute atomic E-state index is 0.000245. The van der Waals surface area contributed by atoms with E-state index in [9.17, 15) is 0 Å². The molecular formula is C70H76P4. The second kappa shape index (κ2) is 25.7. The van der Waals surface area contributed by atoms with E-state index in [0.717, 1.165) is 25.7 Å². The highest BCUT2D eigenvalue weighted by molar-refractivity contribution is 7.78. The Kier molecular flexibility index (Phi) is 18.7. The van der Waals surface area contributed by atoms with Crippen LogP contribution in [0.15, 0.2) is 268 Å². The van der Waals surface area contributed by atoms with Crippen molar-refractivity contribution in [1.82, 2.24) is 0 Å². The molecule has 0 N–H and O–H groups in total. The molecule has 6 atom stereocenters. The zero-order valence-corrected chi connectivity index (χ0v) is 47.7. The van der Waals surface area contributed by atoms with Crippen molar-refractivity contribution < 1.29 is 0 Å². The summed E-state index contributed by atoms with van der Waals surface area (Å²) in [4.78, 5) is 0. The third-order valence-electron chi connectivity index (χ3n) is 16.3. The van der Waals surface area contributed by atoms with Crippen molar-refractivity contribution in [1.29, 1.82) is 0 Å². The summed E-state index contributed by atoms with van der Waals surface area (Å²) in [5.74, 6) is 0.907. The van der Waals surface area contributed by atoms with Gasteiger partial charge in [-0.3, -0.25) is 0 Å². The van der Waals surface area contributed by atoms with Crippen molar-refractivity contribution in [2.75, 3.05) is 0 Å². The summed E-state index contributed by atoms with van der Waals surface area (Å²) in [5, 5.41) is 11.9. The molecule has 1 saturated carbocycles. The Hall–Kier alpha value is -5.04. The van der Waals surface area contributed by atoms with E-state index < -0.39 is 31.7 Å². The van der Waals surface area contributed by atoms with Gasteiger partial charge in [-0.2, -0.15) is 0 Å². The van der Waals surface area contributed by atoms with Crippen LogP contribution in [-0.2, 0) is 0 Å². The maximum atomic E-state index is 4.61. The Morgan fingerprint density at radius 3 is 1.00 bits per heavy atom. The lowest BCUT2D eigenvalue weighted by atomic mass is 9.61. The molecule has 4 heteroatoms. The standard InChI is InChI=1S/C70H76P4/c1-7-49-69(4,5)57(53-66(72(60-37-21-11-22-38-60)61-39-23-12-24-40-61)55(3)71(58-33-17-9-18-34-58)59-35-19-10-20-36-59)54-70(6,50-8-2)56-51-67(73(62-41-25-13-26-42-62)63-43-27-14-28-44-63)68(52-56)74(64-45-29-15-30-46-64)65-47-31-16-32-48-65/h7-48,55-57,66-68H,1-2,49-54H2,3-6H3. The third-order valence-corrected chi connectivity index (χ3v) is 28.6. The van der Waals surface area contributed by atoms with Crippen LogP contribution in [0.2, 0.25) is 0 Å². The predicted molar refractivity (Wildman–Crippen MR) is 334 cm³/mol. The second-order valence-electron chi connectivity index (χ2n) is 21.5. The number of benzene rings is 8. The number of hydrogen-bond donors (Lipinski definition) is 0.